The van der Waals surface area contributed by atoms with E-state index in [0.29, 0.717) is 25.9 Å². The number of carbonyl (C=O) groups excluding carboxylic acids is 1. The highest BCUT2D eigenvalue weighted by Crippen LogP contribution is 2.38. The zero-order valence-electron chi connectivity index (χ0n) is 26.0. The number of nitrogens with zero attached hydrogens (tertiary/aromatic N) is 1. The molecule has 1 aliphatic rings. The monoisotopic (exact) mass is 622 g/mol. The predicted molar refractivity (Wildman–Crippen MR) is 175 cm³/mol. The molecule has 4 aromatic rings. The smallest absolute Gasteiger partial charge is 0.303 e. The van der Waals surface area contributed by atoms with Crippen molar-refractivity contribution in [2.45, 2.75) is 70.4 Å². The van der Waals surface area contributed by atoms with Crippen LogP contribution in [0.3, 0.4) is 0 Å². The molecule has 0 aliphatic carbocycles. The zero-order valence-corrected chi connectivity index (χ0v) is 26.0. The maximum atomic E-state index is 12.1. The second kappa shape index (κ2) is 16.8. The first-order valence-electron chi connectivity index (χ1n) is 15.8. The van der Waals surface area contributed by atoms with Crippen molar-refractivity contribution in [3.8, 4) is 0 Å². The second-order valence-electron chi connectivity index (χ2n) is 11.8. The average Bonchev–Trinajstić information content (AvgIpc) is 3.08. The summed E-state index contributed by atoms with van der Waals surface area (Å²) in [6.07, 6.45) is 0.262. The largest absolute Gasteiger partial charge is 0.481 e. The highest BCUT2D eigenvalue weighted by molar-refractivity contribution is 5.76. The molecule has 0 spiro atoms. The van der Waals surface area contributed by atoms with Crippen LogP contribution in [-0.2, 0) is 45.3 Å². The molecular formula is C38H42N2O6. The van der Waals surface area contributed by atoms with Gasteiger partial charge in [0.25, 0.3) is 0 Å². The molecule has 0 aromatic heterocycles. The second-order valence-corrected chi connectivity index (χ2v) is 11.8. The van der Waals surface area contributed by atoms with Crippen molar-refractivity contribution in [3.63, 3.8) is 0 Å². The molecule has 1 amide bonds. The van der Waals surface area contributed by atoms with Gasteiger partial charge in [-0.3, -0.25) is 14.5 Å². The van der Waals surface area contributed by atoms with Crippen molar-refractivity contribution < 1.29 is 29.3 Å². The van der Waals surface area contributed by atoms with E-state index in [-0.39, 0.29) is 37.6 Å². The van der Waals surface area contributed by atoms with Gasteiger partial charge in [-0.05, 0) is 34.2 Å². The fraction of sp³-hybridized carbons (Fsp3) is 0.316. The molecule has 0 radical (unpaired) electrons. The normalized spacial score (nSPS) is 17.9. The van der Waals surface area contributed by atoms with E-state index in [1.165, 1.54) is 11.1 Å². The molecule has 46 heavy (non-hydrogen) atoms. The van der Waals surface area contributed by atoms with Gasteiger partial charge < -0.3 is 25.0 Å². The lowest BCUT2D eigenvalue weighted by atomic mass is 9.99. The Morgan fingerprint density at radius 2 is 1.30 bits per heavy atom. The van der Waals surface area contributed by atoms with E-state index in [1.54, 1.807) is 0 Å². The van der Waals surface area contributed by atoms with Crippen LogP contribution in [0.2, 0.25) is 0 Å². The lowest BCUT2D eigenvalue weighted by molar-refractivity contribution is -0.253. The molecule has 5 rings (SSSR count). The van der Waals surface area contributed by atoms with Gasteiger partial charge in [-0.15, -0.1) is 0 Å². The Morgan fingerprint density at radius 1 is 0.717 bits per heavy atom. The minimum Gasteiger partial charge on any atom is -0.481 e. The number of aliphatic carboxylic acids is 1. The van der Waals surface area contributed by atoms with Crippen LogP contribution in [0.1, 0.15) is 71.5 Å². The lowest BCUT2D eigenvalue weighted by Gasteiger charge is -2.38. The molecule has 1 saturated heterocycles. The van der Waals surface area contributed by atoms with Crippen molar-refractivity contribution in [1.82, 2.24) is 10.2 Å². The summed E-state index contributed by atoms with van der Waals surface area (Å²) in [5, 5.41) is 21.2. The van der Waals surface area contributed by atoms with Crippen LogP contribution in [0.15, 0.2) is 109 Å². The Hall–Kier alpha value is -4.34. The minimum absolute atomic E-state index is 0.0107. The minimum atomic E-state index is -0.901. The highest BCUT2D eigenvalue weighted by Gasteiger charge is 2.33. The molecule has 240 valence electrons. The van der Waals surface area contributed by atoms with Crippen LogP contribution in [0.4, 0.5) is 0 Å². The van der Waals surface area contributed by atoms with E-state index >= 15 is 0 Å². The first kappa shape index (κ1) is 33.0. The van der Waals surface area contributed by atoms with Crippen molar-refractivity contribution >= 4 is 11.9 Å². The SMILES string of the molecule is O=C(O)CCCC(=O)NCc1ccc([C@@H]2O[C@H](CN(Cc3ccccc3)Cc3ccccc3)C[C@H](c3ccc(CO)cc3)O2)cc1. The maximum absolute atomic E-state index is 12.1. The quantitative estimate of drug-likeness (QED) is 0.143. The van der Waals surface area contributed by atoms with Gasteiger partial charge in [-0.2, -0.15) is 0 Å². The van der Waals surface area contributed by atoms with Crippen LogP contribution in [-0.4, -0.2) is 39.6 Å². The average molecular weight is 623 g/mol. The summed E-state index contributed by atoms with van der Waals surface area (Å²) < 4.78 is 13.2. The number of benzene rings is 4. The third kappa shape index (κ3) is 10.1. The van der Waals surface area contributed by atoms with Crippen molar-refractivity contribution in [2.24, 2.45) is 0 Å². The molecule has 0 unspecified atom stereocenters. The summed E-state index contributed by atoms with van der Waals surface area (Å²) in [6, 6.07) is 36.7. The van der Waals surface area contributed by atoms with Gasteiger partial charge in [0.15, 0.2) is 6.29 Å². The molecule has 3 atom stereocenters. The number of aliphatic hydroxyl groups is 1. The van der Waals surface area contributed by atoms with Crippen molar-refractivity contribution in [2.75, 3.05) is 6.54 Å². The molecule has 4 aromatic carbocycles. The molecule has 0 saturated carbocycles. The van der Waals surface area contributed by atoms with Crippen molar-refractivity contribution in [3.05, 3.63) is 143 Å². The Kier molecular flexibility index (Phi) is 12.1. The third-order valence-corrected chi connectivity index (χ3v) is 8.11. The number of hydrogen-bond donors (Lipinski definition) is 3. The summed E-state index contributed by atoms with van der Waals surface area (Å²) in [6.45, 7) is 2.63. The summed E-state index contributed by atoms with van der Waals surface area (Å²) in [5.41, 5.74) is 6.18. The molecule has 1 heterocycles. The van der Waals surface area contributed by atoms with E-state index < -0.39 is 12.3 Å². The molecule has 1 fully saturated rings. The molecular weight excluding hydrogens is 580 g/mol. The number of carboxylic acids is 1. The summed E-state index contributed by atoms with van der Waals surface area (Å²) in [7, 11) is 0. The highest BCUT2D eigenvalue weighted by atomic mass is 16.7. The third-order valence-electron chi connectivity index (χ3n) is 8.11. The van der Waals surface area contributed by atoms with E-state index in [4.69, 9.17) is 14.6 Å². The van der Waals surface area contributed by atoms with E-state index in [9.17, 15) is 14.7 Å². The zero-order chi connectivity index (χ0) is 32.1. The standard InChI is InChI=1S/C38H42N2O6/c41-27-31-16-18-32(19-17-31)35-22-34(26-40(24-29-8-3-1-4-9-29)25-30-10-5-2-6-11-30)45-38(46-35)33-20-14-28(15-21-33)23-39-36(42)12-7-13-37(43)44/h1-6,8-11,14-21,34-35,38,41H,7,12-13,22-27H2,(H,39,42)(H,43,44)/t34-,35+,38+/m0/s1. The molecule has 0 bridgehead atoms. The summed E-state index contributed by atoms with van der Waals surface area (Å²) in [5.74, 6) is -1.07. The van der Waals surface area contributed by atoms with Gasteiger partial charge in [0.05, 0.1) is 18.8 Å². The molecule has 8 heteroatoms. The Labute approximate surface area is 270 Å². The van der Waals surface area contributed by atoms with Crippen LogP contribution < -0.4 is 5.32 Å². The van der Waals surface area contributed by atoms with Gasteiger partial charge in [-0.25, -0.2) is 0 Å². The van der Waals surface area contributed by atoms with Crippen LogP contribution in [0.25, 0.3) is 0 Å². The number of aliphatic hydroxyl groups excluding tert-OH is 1. The van der Waals surface area contributed by atoms with Crippen LogP contribution >= 0.6 is 0 Å². The first-order valence-corrected chi connectivity index (χ1v) is 15.8. The summed E-state index contributed by atoms with van der Waals surface area (Å²) >= 11 is 0. The Balaban J connectivity index is 1.31. The molecule has 3 N–H and O–H groups in total. The van der Waals surface area contributed by atoms with Gasteiger partial charge in [0.1, 0.15) is 0 Å². The number of ether oxygens (including phenoxy) is 2. The fourth-order valence-electron chi connectivity index (χ4n) is 5.67. The fourth-order valence-corrected chi connectivity index (χ4v) is 5.67. The van der Waals surface area contributed by atoms with E-state index in [1.807, 2.05) is 60.7 Å². The number of amides is 1. The number of nitrogens with one attached hydrogen (secondary N) is 1. The van der Waals surface area contributed by atoms with E-state index in [2.05, 4.69) is 58.7 Å². The van der Waals surface area contributed by atoms with Crippen LogP contribution in [0, 0.1) is 0 Å². The molecule has 8 nitrogen and oxygen atoms in total. The number of hydrogen-bond acceptors (Lipinski definition) is 6. The Bertz CT molecular complexity index is 1470. The van der Waals surface area contributed by atoms with Gasteiger partial charge in [0.2, 0.25) is 5.91 Å². The number of rotatable bonds is 15. The van der Waals surface area contributed by atoms with Gasteiger partial charge in [-0.1, -0.05) is 109 Å². The van der Waals surface area contributed by atoms with Crippen molar-refractivity contribution in [1.29, 1.82) is 0 Å². The lowest BCUT2D eigenvalue weighted by Crippen LogP contribution is -2.39. The van der Waals surface area contributed by atoms with Gasteiger partial charge in [0, 0.05) is 51.0 Å². The first-order chi connectivity index (χ1) is 22.4. The van der Waals surface area contributed by atoms with E-state index in [0.717, 1.165) is 35.3 Å². The number of carbonyl (C=O) groups is 2. The Morgan fingerprint density at radius 3 is 1.89 bits per heavy atom. The predicted octanol–water partition coefficient (Wildman–Crippen LogP) is 6.30. The van der Waals surface area contributed by atoms with Gasteiger partial charge >= 0.3 is 5.97 Å². The van der Waals surface area contributed by atoms with Crippen LogP contribution in [0.5, 0.6) is 0 Å². The molecule has 1 aliphatic heterocycles. The summed E-state index contributed by atoms with van der Waals surface area (Å²) in [4.78, 5) is 25.2. The topological polar surface area (TPSA) is 108 Å². The number of carboxylic acid groups (broad SMARTS) is 1. The maximum Gasteiger partial charge on any atom is 0.303 e.